The summed E-state index contributed by atoms with van der Waals surface area (Å²) in [6.45, 7) is 3.76. The van der Waals surface area contributed by atoms with E-state index in [0.717, 1.165) is 29.7 Å². The number of anilines is 1. The summed E-state index contributed by atoms with van der Waals surface area (Å²) in [5.41, 5.74) is 1.10. The maximum atomic E-state index is 11.3. The molecule has 2 unspecified atom stereocenters. The molecule has 0 saturated carbocycles. The molecule has 1 N–H and O–H groups in total. The fraction of sp³-hybridized carbons (Fsp3) is 0.500. The van der Waals surface area contributed by atoms with Gasteiger partial charge in [0.25, 0.3) is 0 Å². The summed E-state index contributed by atoms with van der Waals surface area (Å²) >= 11 is 3.41. The molecule has 2 rings (SSSR count). The summed E-state index contributed by atoms with van der Waals surface area (Å²) in [5.74, 6) is -0.392. The molecule has 1 aromatic rings. The van der Waals surface area contributed by atoms with E-state index in [1.54, 1.807) is 19.2 Å². The number of carboxylic acid groups (broad SMARTS) is 1. The van der Waals surface area contributed by atoms with Crippen LogP contribution in [0.5, 0.6) is 0 Å². The Morgan fingerprint density at radius 2 is 2.26 bits per heavy atom. The number of halogens is 1. The summed E-state index contributed by atoms with van der Waals surface area (Å²) in [5, 5.41) is 9.29. The van der Waals surface area contributed by atoms with Crippen molar-refractivity contribution >= 4 is 27.6 Å². The molecule has 1 aliphatic heterocycles. The third-order valence-corrected chi connectivity index (χ3v) is 4.22. The van der Waals surface area contributed by atoms with Crippen LogP contribution >= 0.6 is 15.9 Å². The second kappa shape index (κ2) is 5.92. The third-order valence-electron chi connectivity index (χ3n) is 3.72. The van der Waals surface area contributed by atoms with E-state index in [1.165, 1.54) is 0 Å². The molecule has 1 heterocycles. The van der Waals surface area contributed by atoms with Crippen LogP contribution in [0.1, 0.15) is 23.7 Å². The van der Waals surface area contributed by atoms with Gasteiger partial charge in [-0.25, -0.2) is 4.79 Å². The SMILES string of the molecule is COC1CN(c2cc(Br)ccc2C(=O)O)CCC1C. The van der Waals surface area contributed by atoms with Crippen LogP contribution in [-0.4, -0.2) is 37.4 Å². The van der Waals surface area contributed by atoms with Crippen LogP contribution in [0.4, 0.5) is 5.69 Å². The normalized spacial score (nSPS) is 23.4. The molecule has 0 spiro atoms. The predicted octanol–water partition coefficient (Wildman–Crippen LogP) is 3.01. The summed E-state index contributed by atoms with van der Waals surface area (Å²) in [6.07, 6.45) is 1.15. The number of carboxylic acids is 1. The molecule has 0 aromatic heterocycles. The lowest BCUT2D eigenvalue weighted by Gasteiger charge is -2.38. The Balaban J connectivity index is 2.31. The lowest BCUT2D eigenvalue weighted by Crippen LogP contribution is -2.44. The number of methoxy groups -OCH3 is 1. The fourth-order valence-corrected chi connectivity index (χ4v) is 2.86. The maximum absolute atomic E-state index is 11.3. The van der Waals surface area contributed by atoms with Crippen LogP contribution in [0, 0.1) is 5.92 Å². The van der Waals surface area contributed by atoms with E-state index in [2.05, 4.69) is 27.8 Å². The van der Waals surface area contributed by atoms with Crippen molar-refractivity contribution in [3.8, 4) is 0 Å². The Kier molecular flexibility index (Phi) is 4.47. The number of aromatic carboxylic acids is 1. The van der Waals surface area contributed by atoms with Crippen molar-refractivity contribution in [2.24, 2.45) is 5.92 Å². The van der Waals surface area contributed by atoms with Crippen LogP contribution in [0.25, 0.3) is 0 Å². The number of rotatable bonds is 3. The van der Waals surface area contributed by atoms with Crippen molar-refractivity contribution in [2.75, 3.05) is 25.1 Å². The second-order valence-corrected chi connectivity index (χ2v) is 5.87. The van der Waals surface area contributed by atoms with Gasteiger partial charge in [0, 0.05) is 24.7 Å². The first-order valence-electron chi connectivity index (χ1n) is 6.33. The third kappa shape index (κ3) is 3.09. The van der Waals surface area contributed by atoms with Crippen LogP contribution in [0.15, 0.2) is 22.7 Å². The molecule has 19 heavy (non-hydrogen) atoms. The molecule has 0 aliphatic carbocycles. The van der Waals surface area contributed by atoms with Gasteiger partial charge in [-0.2, -0.15) is 0 Å². The minimum atomic E-state index is -0.893. The van der Waals surface area contributed by atoms with Crippen molar-refractivity contribution in [3.05, 3.63) is 28.2 Å². The molecule has 104 valence electrons. The molecule has 4 nitrogen and oxygen atoms in total. The van der Waals surface area contributed by atoms with Gasteiger partial charge in [0.1, 0.15) is 0 Å². The Labute approximate surface area is 121 Å². The Bertz CT molecular complexity index is 478. The van der Waals surface area contributed by atoms with Crippen LogP contribution in [0.2, 0.25) is 0 Å². The van der Waals surface area contributed by atoms with Crippen LogP contribution in [-0.2, 0) is 4.74 Å². The first kappa shape index (κ1) is 14.3. The molecule has 0 bridgehead atoms. The van der Waals surface area contributed by atoms with Gasteiger partial charge >= 0.3 is 5.97 Å². The second-order valence-electron chi connectivity index (χ2n) is 4.95. The number of nitrogens with zero attached hydrogens (tertiary/aromatic N) is 1. The zero-order valence-electron chi connectivity index (χ0n) is 11.1. The number of piperidine rings is 1. The molecule has 1 saturated heterocycles. The summed E-state index contributed by atoms with van der Waals surface area (Å²) < 4.78 is 6.37. The highest BCUT2D eigenvalue weighted by molar-refractivity contribution is 9.10. The van der Waals surface area contributed by atoms with Gasteiger partial charge in [0.2, 0.25) is 0 Å². The molecule has 0 amide bonds. The van der Waals surface area contributed by atoms with Gasteiger partial charge in [-0.05, 0) is 30.5 Å². The van der Waals surface area contributed by atoms with Gasteiger partial charge in [0.15, 0.2) is 0 Å². The lowest BCUT2D eigenvalue weighted by molar-refractivity contribution is 0.0496. The summed E-state index contributed by atoms with van der Waals surface area (Å²) in [4.78, 5) is 13.4. The minimum Gasteiger partial charge on any atom is -0.478 e. The van der Waals surface area contributed by atoms with E-state index >= 15 is 0 Å². The lowest BCUT2D eigenvalue weighted by atomic mass is 9.95. The molecule has 2 atom stereocenters. The molecule has 0 radical (unpaired) electrons. The Morgan fingerprint density at radius 3 is 2.89 bits per heavy atom. The highest BCUT2D eigenvalue weighted by Gasteiger charge is 2.28. The average Bonchev–Trinajstić information content (AvgIpc) is 2.38. The summed E-state index contributed by atoms with van der Waals surface area (Å²) in [7, 11) is 1.71. The quantitative estimate of drug-likeness (QED) is 0.927. The number of benzene rings is 1. The van der Waals surface area contributed by atoms with Gasteiger partial charge in [-0.15, -0.1) is 0 Å². The monoisotopic (exact) mass is 327 g/mol. The molecule has 1 fully saturated rings. The van der Waals surface area contributed by atoms with Crippen LogP contribution in [0.3, 0.4) is 0 Å². The zero-order valence-corrected chi connectivity index (χ0v) is 12.7. The van der Waals surface area contributed by atoms with E-state index in [9.17, 15) is 9.90 Å². The highest BCUT2D eigenvalue weighted by Crippen LogP contribution is 2.30. The smallest absolute Gasteiger partial charge is 0.337 e. The maximum Gasteiger partial charge on any atom is 0.337 e. The average molecular weight is 328 g/mol. The minimum absolute atomic E-state index is 0.148. The van der Waals surface area contributed by atoms with Crippen molar-refractivity contribution in [2.45, 2.75) is 19.4 Å². The summed E-state index contributed by atoms with van der Waals surface area (Å²) in [6, 6.07) is 5.26. The van der Waals surface area contributed by atoms with Gasteiger partial charge in [-0.1, -0.05) is 22.9 Å². The van der Waals surface area contributed by atoms with Crippen LogP contribution < -0.4 is 4.90 Å². The molecular formula is C14H18BrNO3. The van der Waals surface area contributed by atoms with Gasteiger partial charge in [0.05, 0.1) is 17.4 Å². The van der Waals surface area contributed by atoms with E-state index in [1.807, 2.05) is 6.07 Å². The molecule has 1 aromatic carbocycles. The number of hydrogen-bond donors (Lipinski definition) is 1. The van der Waals surface area contributed by atoms with Gasteiger partial charge < -0.3 is 14.7 Å². The number of hydrogen-bond acceptors (Lipinski definition) is 3. The topological polar surface area (TPSA) is 49.8 Å². The Morgan fingerprint density at radius 1 is 1.53 bits per heavy atom. The highest BCUT2D eigenvalue weighted by atomic mass is 79.9. The van der Waals surface area contributed by atoms with E-state index in [-0.39, 0.29) is 6.10 Å². The van der Waals surface area contributed by atoms with Gasteiger partial charge in [-0.3, -0.25) is 0 Å². The van der Waals surface area contributed by atoms with E-state index in [0.29, 0.717) is 11.5 Å². The predicted molar refractivity (Wildman–Crippen MR) is 77.9 cm³/mol. The first-order chi connectivity index (χ1) is 9.02. The zero-order chi connectivity index (χ0) is 14.0. The number of ether oxygens (including phenoxy) is 1. The number of carbonyl (C=O) groups is 1. The van der Waals surface area contributed by atoms with E-state index in [4.69, 9.17) is 4.74 Å². The van der Waals surface area contributed by atoms with Crippen molar-refractivity contribution < 1.29 is 14.6 Å². The fourth-order valence-electron chi connectivity index (χ4n) is 2.51. The first-order valence-corrected chi connectivity index (χ1v) is 7.12. The van der Waals surface area contributed by atoms with Crippen molar-refractivity contribution in [1.29, 1.82) is 0 Å². The molecule has 5 heteroatoms. The van der Waals surface area contributed by atoms with E-state index < -0.39 is 5.97 Å². The Hall–Kier alpha value is -1.07. The van der Waals surface area contributed by atoms with Crippen molar-refractivity contribution in [3.63, 3.8) is 0 Å². The largest absolute Gasteiger partial charge is 0.478 e. The standard InChI is InChI=1S/C14H18BrNO3/c1-9-5-6-16(8-13(9)19-2)12-7-10(15)3-4-11(12)14(17)18/h3-4,7,9,13H,5-6,8H2,1-2H3,(H,17,18). The van der Waals surface area contributed by atoms with Crippen molar-refractivity contribution in [1.82, 2.24) is 0 Å². The molecule has 1 aliphatic rings. The molecular weight excluding hydrogens is 310 g/mol.